The summed E-state index contributed by atoms with van der Waals surface area (Å²) in [6.45, 7) is 3.41. The highest BCUT2D eigenvalue weighted by molar-refractivity contribution is 9.11. The minimum atomic E-state index is 0.0663. The molecule has 2 rings (SSSR count). The number of likely N-dealkylation sites (N-methyl/N-ethyl adjacent to an activating group) is 1. The molecule has 0 saturated heterocycles. The standard InChI is InChI=1S/C15H17BrN2OS/c1-2-17-15(19)9-11-3-5-12(6-4-11)18-10-13-7-8-14(16)20-13/h3-8,18H,2,9-10H2,1H3,(H,17,19). The third-order valence-corrected chi connectivity index (χ3v) is 4.41. The predicted molar refractivity (Wildman–Crippen MR) is 88.2 cm³/mol. The highest BCUT2D eigenvalue weighted by Gasteiger charge is 2.02. The van der Waals surface area contributed by atoms with Gasteiger partial charge in [0.2, 0.25) is 5.91 Å². The molecule has 5 heteroatoms. The monoisotopic (exact) mass is 352 g/mol. The SMILES string of the molecule is CCNC(=O)Cc1ccc(NCc2ccc(Br)s2)cc1. The zero-order chi connectivity index (χ0) is 14.4. The number of thiophene rings is 1. The summed E-state index contributed by atoms with van der Waals surface area (Å²) in [5.41, 5.74) is 2.09. The van der Waals surface area contributed by atoms with Crippen molar-refractivity contribution in [3.8, 4) is 0 Å². The topological polar surface area (TPSA) is 41.1 Å². The molecule has 0 spiro atoms. The number of benzene rings is 1. The predicted octanol–water partition coefficient (Wildman–Crippen LogP) is 3.80. The highest BCUT2D eigenvalue weighted by atomic mass is 79.9. The first kappa shape index (κ1) is 15.1. The molecule has 0 radical (unpaired) electrons. The van der Waals surface area contributed by atoms with E-state index in [4.69, 9.17) is 0 Å². The van der Waals surface area contributed by atoms with Gasteiger partial charge in [0.15, 0.2) is 0 Å². The Morgan fingerprint density at radius 3 is 2.55 bits per heavy atom. The lowest BCUT2D eigenvalue weighted by Gasteiger charge is -2.06. The van der Waals surface area contributed by atoms with Crippen LogP contribution < -0.4 is 10.6 Å². The van der Waals surface area contributed by atoms with Crippen molar-refractivity contribution in [1.29, 1.82) is 0 Å². The maximum Gasteiger partial charge on any atom is 0.224 e. The Balaban J connectivity index is 1.86. The fourth-order valence-electron chi connectivity index (χ4n) is 1.82. The van der Waals surface area contributed by atoms with Crippen LogP contribution in [0.4, 0.5) is 5.69 Å². The van der Waals surface area contributed by atoms with Crippen LogP contribution in [0, 0.1) is 0 Å². The zero-order valence-corrected chi connectivity index (χ0v) is 13.7. The van der Waals surface area contributed by atoms with Gasteiger partial charge in [0.25, 0.3) is 0 Å². The van der Waals surface area contributed by atoms with Gasteiger partial charge < -0.3 is 10.6 Å². The molecule has 2 N–H and O–H groups in total. The second-order valence-electron chi connectivity index (χ2n) is 4.39. The minimum Gasteiger partial charge on any atom is -0.380 e. The van der Waals surface area contributed by atoms with Crippen LogP contribution in [0.5, 0.6) is 0 Å². The Morgan fingerprint density at radius 2 is 1.95 bits per heavy atom. The molecule has 0 aliphatic carbocycles. The van der Waals surface area contributed by atoms with E-state index in [0.29, 0.717) is 13.0 Å². The second-order valence-corrected chi connectivity index (χ2v) is 6.93. The zero-order valence-electron chi connectivity index (χ0n) is 11.3. The minimum absolute atomic E-state index is 0.0663. The fraction of sp³-hybridized carbons (Fsp3) is 0.267. The third kappa shape index (κ3) is 4.65. The maximum atomic E-state index is 11.5. The number of rotatable bonds is 6. The molecule has 2 aromatic rings. The van der Waals surface area contributed by atoms with Crippen LogP contribution in [-0.2, 0) is 17.8 Å². The van der Waals surface area contributed by atoms with Gasteiger partial charge in [-0.15, -0.1) is 11.3 Å². The van der Waals surface area contributed by atoms with E-state index in [1.54, 1.807) is 11.3 Å². The quantitative estimate of drug-likeness (QED) is 0.829. The van der Waals surface area contributed by atoms with Crippen molar-refractivity contribution >= 4 is 38.9 Å². The van der Waals surface area contributed by atoms with Crippen molar-refractivity contribution in [2.45, 2.75) is 19.9 Å². The summed E-state index contributed by atoms with van der Waals surface area (Å²) in [5.74, 6) is 0.0663. The summed E-state index contributed by atoms with van der Waals surface area (Å²) in [6.07, 6.45) is 0.436. The van der Waals surface area contributed by atoms with Gasteiger partial charge in [-0.05, 0) is 52.7 Å². The van der Waals surface area contributed by atoms with E-state index in [1.165, 1.54) is 4.88 Å². The molecule has 0 unspecified atom stereocenters. The lowest BCUT2D eigenvalue weighted by atomic mass is 10.1. The Kier molecular flexibility index (Phi) is 5.61. The number of nitrogens with one attached hydrogen (secondary N) is 2. The van der Waals surface area contributed by atoms with Crippen LogP contribution in [0.3, 0.4) is 0 Å². The van der Waals surface area contributed by atoms with E-state index in [2.05, 4.69) is 38.7 Å². The smallest absolute Gasteiger partial charge is 0.224 e. The maximum absolute atomic E-state index is 11.5. The first-order chi connectivity index (χ1) is 9.67. The molecule has 1 amide bonds. The Morgan fingerprint density at radius 1 is 1.20 bits per heavy atom. The number of hydrogen-bond acceptors (Lipinski definition) is 3. The summed E-state index contributed by atoms with van der Waals surface area (Å²) >= 11 is 5.18. The molecule has 0 fully saturated rings. The Labute approximate surface area is 131 Å². The number of halogens is 1. The van der Waals surface area contributed by atoms with Crippen molar-refractivity contribution in [3.05, 3.63) is 50.6 Å². The van der Waals surface area contributed by atoms with Gasteiger partial charge in [0.1, 0.15) is 0 Å². The van der Waals surface area contributed by atoms with E-state index in [9.17, 15) is 4.79 Å². The van der Waals surface area contributed by atoms with Gasteiger partial charge >= 0.3 is 0 Å². The number of amides is 1. The average Bonchev–Trinajstić information content (AvgIpc) is 2.84. The molecule has 0 bridgehead atoms. The second kappa shape index (κ2) is 7.45. The molecular weight excluding hydrogens is 336 g/mol. The van der Waals surface area contributed by atoms with E-state index >= 15 is 0 Å². The molecule has 3 nitrogen and oxygen atoms in total. The first-order valence-corrected chi connectivity index (χ1v) is 8.12. The fourth-order valence-corrected chi connectivity index (χ4v) is 3.24. The van der Waals surface area contributed by atoms with E-state index in [1.807, 2.05) is 31.2 Å². The Bertz CT molecular complexity index is 566. The number of anilines is 1. The van der Waals surface area contributed by atoms with Gasteiger partial charge in [-0.2, -0.15) is 0 Å². The van der Waals surface area contributed by atoms with Gasteiger partial charge in [0, 0.05) is 23.7 Å². The number of carbonyl (C=O) groups is 1. The molecule has 0 aliphatic rings. The van der Waals surface area contributed by atoms with Crippen LogP contribution in [-0.4, -0.2) is 12.5 Å². The lowest BCUT2D eigenvalue weighted by molar-refractivity contribution is -0.120. The third-order valence-electron chi connectivity index (χ3n) is 2.79. The summed E-state index contributed by atoms with van der Waals surface area (Å²) in [7, 11) is 0. The van der Waals surface area contributed by atoms with E-state index in [-0.39, 0.29) is 5.91 Å². The van der Waals surface area contributed by atoms with Crippen molar-refractivity contribution in [1.82, 2.24) is 5.32 Å². The summed E-state index contributed by atoms with van der Waals surface area (Å²) in [4.78, 5) is 12.8. The summed E-state index contributed by atoms with van der Waals surface area (Å²) < 4.78 is 1.14. The van der Waals surface area contributed by atoms with Gasteiger partial charge in [-0.3, -0.25) is 4.79 Å². The number of hydrogen-bond donors (Lipinski definition) is 2. The van der Waals surface area contributed by atoms with Gasteiger partial charge in [-0.1, -0.05) is 12.1 Å². The highest BCUT2D eigenvalue weighted by Crippen LogP contribution is 2.23. The van der Waals surface area contributed by atoms with E-state index in [0.717, 1.165) is 21.6 Å². The largest absolute Gasteiger partial charge is 0.380 e. The van der Waals surface area contributed by atoms with E-state index < -0.39 is 0 Å². The molecular formula is C15H17BrN2OS. The first-order valence-electron chi connectivity index (χ1n) is 6.51. The van der Waals surface area contributed by atoms with Gasteiger partial charge in [0.05, 0.1) is 10.2 Å². The van der Waals surface area contributed by atoms with Crippen molar-refractivity contribution in [2.75, 3.05) is 11.9 Å². The average molecular weight is 353 g/mol. The van der Waals surface area contributed by atoms with Crippen molar-refractivity contribution in [3.63, 3.8) is 0 Å². The summed E-state index contributed by atoms with van der Waals surface area (Å²) in [5, 5.41) is 6.17. The lowest BCUT2D eigenvalue weighted by Crippen LogP contribution is -2.24. The van der Waals surface area contributed by atoms with Gasteiger partial charge in [-0.25, -0.2) is 0 Å². The van der Waals surface area contributed by atoms with Crippen molar-refractivity contribution in [2.24, 2.45) is 0 Å². The molecule has 1 aromatic carbocycles. The molecule has 1 aromatic heterocycles. The normalized spacial score (nSPS) is 10.3. The van der Waals surface area contributed by atoms with Crippen molar-refractivity contribution < 1.29 is 4.79 Å². The Hall–Kier alpha value is -1.33. The number of carbonyl (C=O) groups excluding carboxylic acids is 1. The molecule has 1 heterocycles. The molecule has 0 saturated carbocycles. The van der Waals surface area contributed by atoms with Crippen LogP contribution in [0.1, 0.15) is 17.4 Å². The molecule has 106 valence electrons. The molecule has 0 aliphatic heterocycles. The van der Waals surface area contributed by atoms with Crippen LogP contribution in [0.2, 0.25) is 0 Å². The van der Waals surface area contributed by atoms with Crippen LogP contribution in [0.25, 0.3) is 0 Å². The van der Waals surface area contributed by atoms with Crippen LogP contribution in [0.15, 0.2) is 40.2 Å². The molecule has 0 atom stereocenters. The van der Waals surface area contributed by atoms with Crippen LogP contribution >= 0.6 is 27.3 Å². The summed E-state index contributed by atoms with van der Waals surface area (Å²) in [6, 6.07) is 12.2. The molecule has 20 heavy (non-hydrogen) atoms.